The lowest BCUT2D eigenvalue weighted by Crippen LogP contribution is -2.52. The molecular weight excluding hydrogens is 288 g/mol. The van der Waals surface area contributed by atoms with Crippen molar-refractivity contribution in [1.29, 1.82) is 0 Å². The monoisotopic (exact) mass is 322 g/mol. The van der Waals surface area contributed by atoms with E-state index in [2.05, 4.69) is 10.2 Å². The van der Waals surface area contributed by atoms with Gasteiger partial charge in [-0.2, -0.15) is 0 Å². The van der Waals surface area contributed by atoms with E-state index in [0.717, 1.165) is 51.1 Å². The van der Waals surface area contributed by atoms with Gasteiger partial charge in [-0.05, 0) is 38.0 Å². The van der Waals surface area contributed by atoms with Crippen molar-refractivity contribution in [3.63, 3.8) is 0 Å². The van der Waals surface area contributed by atoms with E-state index in [1.165, 1.54) is 38.5 Å². The molecule has 4 heteroatoms. The quantitative estimate of drug-likeness (QED) is 0.818. The Kier molecular flexibility index (Phi) is 6.35. The van der Waals surface area contributed by atoms with Crippen LogP contribution < -0.4 is 5.32 Å². The molecule has 1 amide bonds. The zero-order valence-corrected chi connectivity index (χ0v) is 14.5. The summed E-state index contributed by atoms with van der Waals surface area (Å²) in [5.41, 5.74) is 0. The third-order valence-electron chi connectivity index (χ3n) is 6.31. The molecule has 3 fully saturated rings. The molecule has 0 aromatic carbocycles. The summed E-state index contributed by atoms with van der Waals surface area (Å²) in [6, 6.07) is 0.714. The standard InChI is InChI=1S/C19H34N2O2/c22-18-8-4-3-7-17(18)21-13-11-16(12-14-21)20-19(23)10-9-15-5-1-2-6-15/h15-18,22H,1-14H2,(H,20,23). The molecule has 1 heterocycles. The van der Waals surface area contributed by atoms with Crippen molar-refractivity contribution in [3.8, 4) is 0 Å². The number of carbonyl (C=O) groups excluding carboxylic acids is 1. The molecule has 3 aliphatic rings. The minimum atomic E-state index is -0.138. The van der Waals surface area contributed by atoms with Crippen molar-refractivity contribution in [2.24, 2.45) is 5.92 Å². The average Bonchev–Trinajstić information content (AvgIpc) is 3.08. The number of piperidine rings is 1. The van der Waals surface area contributed by atoms with E-state index in [9.17, 15) is 9.90 Å². The highest BCUT2D eigenvalue weighted by Crippen LogP contribution is 2.29. The number of aliphatic hydroxyl groups is 1. The molecule has 2 unspecified atom stereocenters. The van der Waals surface area contributed by atoms with Gasteiger partial charge in [-0.3, -0.25) is 9.69 Å². The second-order valence-electron chi connectivity index (χ2n) is 7.99. The predicted octanol–water partition coefficient (Wildman–Crippen LogP) is 2.84. The maximum absolute atomic E-state index is 12.1. The predicted molar refractivity (Wildman–Crippen MR) is 92.2 cm³/mol. The highest BCUT2D eigenvalue weighted by Gasteiger charge is 2.31. The summed E-state index contributed by atoms with van der Waals surface area (Å²) in [6.45, 7) is 2.05. The average molecular weight is 322 g/mol. The smallest absolute Gasteiger partial charge is 0.220 e. The van der Waals surface area contributed by atoms with Crippen LogP contribution in [0.4, 0.5) is 0 Å². The Morgan fingerprint density at radius 1 is 0.957 bits per heavy atom. The molecule has 0 bridgehead atoms. The number of rotatable bonds is 5. The Bertz CT molecular complexity index is 374. The van der Waals surface area contributed by atoms with Crippen LogP contribution in [0.5, 0.6) is 0 Å². The number of hydrogen-bond acceptors (Lipinski definition) is 3. The highest BCUT2D eigenvalue weighted by molar-refractivity contribution is 5.76. The summed E-state index contributed by atoms with van der Waals surface area (Å²) in [4.78, 5) is 14.6. The zero-order valence-electron chi connectivity index (χ0n) is 14.5. The first kappa shape index (κ1) is 17.2. The first-order valence-electron chi connectivity index (χ1n) is 9.94. The van der Waals surface area contributed by atoms with Crippen LogP contribution in [-0.2, 0) is 4.79 Å². The molecule has 132 valence electrons. The third-order valence-corrected chi connectivity index (χ3v) is 6.31. The minimum absolute atomic E-state index is 0.138. The van der Waals surface area contributed by atoms with Crippen molar-refractivity contribution in [3.05, 3.63) is 0 Å². The van der Waals surface area contributed by atoms with Gasteiger partial charge in [0.1, 0.15) is 0 Å². The van der Waals surface area contributed by atoms with Gasteiger partial charge in [0.2, 0.25) is 5.91 Å². The molecule has 0 aromatic rings. The van der Waals surface area contributed by atoms with Gasteiger partial charge in [0.25, 0.3) is 0 Å². The SMILES string of the molecule is O=C(CCC1CCCC1)NC1CCN(C2CCCCC2O)CC1. The molecule has 2 saturated carbocycles. The molecule has 2 aliphatic carbocycles. The Hall–Kier alpha value is -0.610. The lowest BCUT2D eigenvalue weighted by molar-refractivity contribution is -0.122. The summed E-state index contributed by atoms with van der Waals surface area (Å²) in [5.74, 6) is 1.06. The van der Waals surface area contributed by atoms with Crippen LogP contribution in [0.1, 0.15) is 77.0 Å². The van der Waals surface area contributed by atoms with Crippen LogP contribution in [0.2, 0.25) is 0 Å². The molecule has 2 N–H and O–H groups in total. The van der Waals surface area contributed by atoms with E-state index in [0.29, 0.717) is 18.5 Å². The van der Waals surface area contributed by atoms with Crippen molar-refractivity contribution in [2.45, 2.75) is 95.2 Å². The minimum Gasteiger partial charge on any atom is -0.391 e. The fraction of sp³-hybridized carbons (Fsp3) is 0.947. The molecule has 4 nitrogen and oxygen atoms in total. The van der Waals surface area contributed by atoms with Crippen LogP contribution >= 0.6 is 0 Å². The van der Waals surface area contributed by atoms with Gasteiger partial charge < -0.3 is 10.4 Å². The molecule has 3 rings (SSSR count). The molecule has 23 heavy (non-hydrogen) atoms. The molecule has 0 spiro atoms. The van der Waals surface area contributed by atoms with Gasteiger partial charge in [0, 0.05) is 31.6 Å². The first-order chi connectivity index (χ1) is 11.2. The number of carbonyl (C=O) groups is 1. The maximum atomic E-state index is 12.1. The second kappa shape index (κ2) is 8.48. The summed E-state index contributed by atoms with van der Waals surface area (Å²) in [5, 5.41) is 13.4. The van der Waals surface area contributed by atoms with Crippen molar-refractivity contribution >= 4 is 5.91 Å². The van der Waals surface area contributed by atoms with Crippen LogP contribution in [-0.4, -0.2) is 47.2 Å². The topological polar surface area (TPSA) is 52.6 Å². The summed E-state index contributed by atoms with van der Waals surface area (Å²) in [7, 11) is 0. The Morgan fingerprint density at radius 2 is 1.61 bits per heavy atom. The Labute approximate surface area is 141 Å². The van der Waals surface area contributed by atoms with Crippen LogP contribution in [0.3, 0.4) is 0 Å². The van der Waals surface area contributed by atoms with Crippen LogP contribution in [0, 0.1) is 5.92 Å². The molecule has 2 atom stereocenters. The zero-order chi connectivity index (χ0) is 16.1. The van der Waals surface area contributed by atoms with Gasteiger partial charge in [-0.15, -0.1) is 0 Å². The molecular formula is C19H34N2O2. The van der Waals surface area contributed by atoms with E-state index in [1.54, 1.807) is 0 Å². The molecule has 0 radical (unpaired) electrons. The van der Waals surface area contributed by atoms with Gasteiger partial charge in [0.15, 0.2) is 0 Å². The fourth-order valence-electron chi connectivity index (χ4n) is 4.83. The molecule has 1 saturated heterocycles. The molecule has 1 aliphatic heterocycles. The van der Waals surface area contributed by atoms with Crippen LogP contribution in [0.25, 0.3) is 0 Å². The number of likely N-dealkylation sites (tertiary alicyclic amines) is 1. The number of amides is 1. The van der Waals surface area contributed by atoms with Gasteiger partial charge in [0.05, 0.1) is 6.10 Å². The van der Waals surface area contributed by atoms with E-state index in [1.807, 2.05) is 0 Å². The first-order valence-corrected chi connectivity index (χ1v) is 9.94. The third kappa shape index (κ3) is 4.93. The highest BCUT2D eigenvalue weighted by atomic mass is 16.3. The van der Waals surface area contributed by atoms with Gasteiger partial charge in [-0.25, -0.2) is 0 Å². The summed E-state index contributed by atoms with van der Waals surface area (Å²) < 4.78 is 0. The number of hydrogen-bond donors (Lipinski definition) is 2. The van der Waals surface area contributed by atoms with Crippen LogP contribution in [0.15, 0.2) is 0 Å². The van der Waals surface area contributed by atoms with E-state index in [-0.39, 0.29) is 12.0 Å². The van der Waals surface area contributed by atoms with E-state index < -0.39 is 0 Å². The number of nitrogens with zero attached hydrogens (tertiary/aromatic N) is 1. The summed E-state index contributed by atoms with van der Waals surface area (Å²) >= 11 is 0. The largest absolute Gasteiger partial charge is 0.391 e. The van der Waals surface area contributed by atoms with Gasteiger partial charge >= 0.3 is 0 Å². The second-order valence-corrected chi connectivity index (χ2v) is 7.99. The van der Waals surface area contributed by atoms with Gasteiger partial charge in [-0.1, -0.05) is 38.5 Å². The van der Waals surface area contributed by atoms with Crippen molar-refractivity contribution in [2.75, 3.05) is 13.1 Å². The number of aliphatic hydroxyl groups excluding tert-OH is 1. The normalized spacial score (nSPS) is 31.3. The maximum Gasteiger partial charge on any atom is 0.220 e. The number of nitrogens with one attached hydrogen (secondary N) is 1. The van der Waals surface area contributed by atoms with E-state index in [4.69, 9.17) is 0 Å². The summed E-state index contributed by atoms with van der Waals surface area (Å²) in [6.07, 6.45) is 13.6. The van der Waals surface area contributed by atoms with Crippen molar-refractivity contribution in [1.82, 2.24) is 10.2 Å². The lowest BCUT2D eigenvalue weighted by atomic mass is 9.89. The molecule has 0 aromatic heterocycles. The van der Waals surface area contributed by atoms with Crippen molar-refractivity contribution < 1.29 is 9.90 Å². The van der Waals surface area contributed by atoms with E-state index >= 15 is 0 Å². The lowest BCUT2D eigenvalue weighted by Gasteiger charge is -2.41. The fourth-order valence-corrected chi connectivity index (χ4v) is 4.83. The Morgan fingerprint density at radius 3 is 2.30 bits per heavy atom. The Balaban J connectivity index is 1.34.